The summed E-state index contributed by atoms with van der Waals surface area (Å²) in [4.78, 5) is 12.3. The van der Waals surface area contributed by atoms with Crippen molar-refractivity contribution < 1.29 is 9.53 Å². The Morgan fingerprint density at radius 2 is 1.93 bits per heavy atom. The Morgan fingerprint density at radius 1 is 1.15 bits per heavy atom. The predicted octanol–water partition coefficient (Wildman–Crippen LogP) is 4.69. The monoisotopic (exact) mass is 383 g/mol. The average molecular weight is 384 g/mol. The van der Waals surface area contributed by atoms with Gasteiger partial charge in [0.15, 0.2) is 6.10 Å². The molecule has 1 unspecified atom stereocenters. The van der Waals surface area contributed by atoms with Gasteiger partial charge in [-0.1, -0.05) is 30.3 Å². The molecule has 1 aliphatic carbocycles. The summed E-state index contributed by atoms with van der Waals surface area (Å²) in [6.07, 6.45) is 4.31. The first kappa shape index (κ1) is 19.8. The summed E-state index contributed by atoms with van der Waals surface area (Å²) in [5.41, 5.74) is 5.48. The molecule has 0 aromatic heterocycles. The van der Waals surface area contributed by atoms with Crippen LogP contribution in [-0.2, 0) is 23.4 Å². The number of fused-ring (bicyclic) bond motifs is 1. The summed E-state index contributed by atoms with van der Waals surface area (Å²) >= 11 is 1.84. The summed E-state index contributed by atoms with van der Waals surface area (Å²) in [6.45, 7) is 4.61. The smallest absolute Gasteiger partial charge is 0.260 e. The molecule has 4 heteroatoms. The van der Waals surface area contributed by atoms with Crippen LogP contribution in [0.2, 0.25) is 0 Å². The van der Waals surface area contributed by atoms with Gasteiger partial charge in [-0.25, -0.2) is 0 Å². The molecule has 1 aliphatic rings. The van der Waals surface area contributed by atoms with Gasteiger partial charge in [-0.2, -0.15) is 11.8 Å². The van der Waals surface area contributed by atoms with Gasteiger partial charge in [0.1, 0.15) is 5.75 Å². The maximum absolute atomic E-state index is 12.3. The Kier molecular flexibility index (Phi) is 7.22. The van der Waals surface area contributed by atoms with E-state index in [0.29, 0.717) is 6.54 Å². The SMILES string of the molecule is Cc1ccccc1CSCCNC(=O)C(C)Oc1ccc2c(c1)CCCC2. The summed E-state index contributed by atoms with van der Waals surface area (Å²) < 4.78 is 5.87. The van der Waals surface area contributed by atoms with Crippen molar-refractivity contribution in [3.05, 3.63) is 64.7 Å². The van der Waals surface area contributed by atoms with E-state index in [1.165, 1.54) is 35.1 Å². The highest BCUT2D eigenvalue weighted by Crippen LogP contribution is 2.25. The standard InChI is InChI=1S/C23H29NO2S/c1-17-7-3-4-10-21(17)16-27-14-13-24-23(25)18(2)26-22-12-11-19-8-5-6-9-20(19)15-22/h3-4,7,10-12,15,18H,5-6,8-9,13-14,16H2,1-2H3,(H,24,25). The highest BCUT2D eigenvalue weighted by atomic mass is 32.2. The second kappa shape index (κ2) is 9.84. The Labute approximate surface area is 166 Å². The molecule has 2 aromatic carbocycles. The molecule has 0 saturated heterocycles. The van der Waals surface area contributed by atoms with Gasteiger partial charge >= 0.3 is 0 Å². The maximum Gasteiger partial charge on any atom is 0.260 e. The number of ether oxygens (including phenoxy) is 1. The van der Waals surface area contributed by atoms with Gasteiger partial charge in [0.2, 0.25) is 0 Å². The van der Waals surface area contributed by atoms with Crippen molar-refractivity contribution in [2.75, 3.05) is 12.3 Å². The zero-order valence-corrected chi connectivity index (χ0v) is 17.1. The fourth-order valence-corrected chi connectivity index (χ4v) is 4.32. The van der Waals surface area contributed by atoms with Crippen LogP contribution in [0.5, 0.6) is 5.75 Å². The quantitative estimate of drug-likeness (QED) is 0.672. The van der Waals surface area contributed by atoms with Crippen LogP contribution in [0.25, 0.3) is 0 Å². The molecule has 27 heavy (non-hydrogen) atoms. The Hall–Kier alpha value is -1.94. The van der Waals surface area contributed by atoms with Crippen molar-refractivity contribution in [2.24, 2.45) is 0 Å². The molecule has 144 valence electrons. The zero-order valence-electron chi connectivity index (χ0n) is 16.3. The fourth-order valence-electron chi connectivity index (χ4n) is 3.39. The van der Waals surface area contributed by atoms with Crippen molar-refractivity contribution in [3.63, 3.8) is 0 Å². The van der Waals surface area contributed by atoms with E-state index >= 15 is 0 Å². The number of thioether (sulfide) groups is 1. The van der Waals surface area contributed by atoms with Crippen molar-refractivity contribution in [3.8, 4) is 5.75 Å². The molecular weight excluding hydrogens is 354 g/mol. The van der Waals surface area contributed by atoms with E-state index in [2.05, 4.69) is 48.6 Å². The minimum atomic E-state index is -0.479. The zero-order chi connectivity index (χ0) is 19.1. The summed E-state index contributed by atoms with van der Waals surface area (Å²) in [5, 5.41) is 2.98. The van der Waals surface area contributed by atoms with Gasteiger partial charge in [-0.3, -0.25) is 4.79 Å². The summed E-state index contributed by atoms with van der Waals surface area (Å²) in [7, 11) is 0. The molecule has 0 spiro atoms. The molecule has 0 aliphatic heterocycles. The molecule has 0 radical (unpaired) electrons. The van der Waals surface area contributed by atoms with Crippen molar-refractivity contribution in [1.29, 1.82) is 0 Å². The predicted molar refractivity (Wildman–Crippen MR) is 114 cm³/mol. The Balaban J connectivity index is 1.38. The van der Waals surface area contributed by atoms with E-state index in [1.807, 2.05) is 24.8 Å². The van der Waals surface area contributed by atoms with Crippen LogP contribution >= 0.6 is 11.8 Å². The van der Waals surface area contributed by atoms with E-state index in [4.69, 9.17) is 4.74 Å². The van der Waals surface area contributed by atoms with Crippen molar-refractivity contribution in [2.45, 2.75) is 51.4 Å². The third-order valence-electron chi connectivity index (χ3n) is 5.07. The van der Waals surface area contributed by atoms with Gasteiger partial charge in [-0.15, -0.1) is 0 Å². The molecule has 1 atom stereocenters. The Bertz CT molecular complexity index is 775. The minimum Gasteiger partial charge on any atom is -0.481 e. The Morgan fingerprint density at radius 3 is 2.74 bits per heavy atom. The number of carbonyl (C=O) groups excluding carboxylic acids is 1. The van der Waals surface area contributed by atoms with Crippen molar-refractivity contribution in [1.82, 2.24) is 5.32 Å². The van der Waals surface area contributed by atoms with Gasteiger partial charge in [0.25, 0.3) is 5.91 Å². The van der Waals surface area contributed by atoms with Gasteiger partial charge in [0, 0.05) is 18.1 Å². The van der Waals surface area contributed by atoms with Crippen LogP contribution in [0.15, 0.2) is 42.5 Å². The van der Waals surface area contributed by atoms with E-state index < -0.39 is 6.10 Å². The number of carbonyl (C=O) groups is 1. The average Bonchev–Trinajstić information content (AvgIpc) is 2.68. The highest BCUT2D eigenvalue weighted by Gasteiger charge is 2.16. The van der Waals surface area contributed by atoms with E-state index in [9.17, 15) is 4.79 Å². The second-order valence-corrected chi connectivity index (χ2v) is 8.27. The summed E-state index contributed by atoms with van der Waals surface area (Å²) in [5.74, 6) is 2.62. The lowest BCUT2D eigenvalue weighted by Crippen LogP contribution is -2.37. The molecule has 0 fully saturated rings. The largest absolute Gasteiger partial charge is 0.481 e. The van der Waals surface area contributed by atoms with Crippen LogP contribution in [0.1, 0.15) is 42.0 Å². The van der Waals surface area contributed by atoms with E-state index in [0.717, 1.165) is 30.1 Å². The highest BCUT2D eigenvalue weighted by molar-refractivity contribution is 7.98. The van der Waals surface area contributed by atoms with Crippen molar-refractivity contribution >= 4 is 17.7 Å². The fraction of sp³-hybridized carbons (Fsp3) is 0.435. The maximum atomic E-state index is 12.3. The van der Waals surface area contributed by atoms with Gasteiger partial charge in [-0.05, 0) is 73.9 Å². The number of amides is 1. The van der Waals surface area contributed by atoms with Crippen LogP contribution in [0.4, 0.5) is 0 Å². The van der Waals surface area contributed by atoms with Crippen LogP contribution < -0.4 is 10.1 Å². The van der Waals surface area contributed by atoms with Crippen LogP contribution in [0, 0.1) is 6.92 Å². The lowest BCUT2D eigenvalue weighted by Gasteiger charge is -2.19. The topological polar surface area (TPSA) is 38.3 Å². The first-order valence-electron chi connectivity index (χ1n) is 9.82. The molecular formula is C23H29NO2S. The van der Waals surface area contributed by atoms with Crippen LogP contribution in [0.3, 0.4) is 0 Å². The minimum absolute atomic E-state index is 0.0517. The molecule has 0 bridgehead atoms. The van der Waals surface area contributed by atoms with E-state index in [1.54, 1.807) is 0 Å². The number of hydrogen-bond acceptors (Lipinski definition) is 3. The first-order chi connectivity index (χ1) is 13.1. The molecule has 3 nitrogen and oxygen atoms in total. The third kappa shape index (κ3) is 5.77. The number of hydrogen-bond donors (Lipinski definition) is 1. The van der Waals surface area contributed by atoms with Gasteiger partial charge < -0.3 is 10.1 Å². The molecule has 2 aromatic rings. The lowest BCUT2D eigenvalue weighted by atomic mass is 9.92. The molecule has 1 N–H and O–H groups in total. The number of nitrogens with one attached hydrogen (secondary N) is 1. The number of benzene rings is 2. The normalized spacial score (nSPS) is 14.3. The molecule has 0 heterocycles. The lowest BCUT2D eigenvalue weighted by molar-refractivity contribution is -0.127. The number of rotatable bonds is 8. The van der Waals surface area contributed by atoms with E-state index in [-0.39, 0.29) is 5.91 Å². The first-order valence-corrected chi connectivity index (χ1v) is 11.0. The molecule has 1 amide bonds. The molecule has 0 saturated carbocycles. The second-order valence-electron chi connectivity index (χ2n) is 7.17. The van der Waals surface area contributed by atoms with Gasteiger partial charge in [0.05, 0.1) is 0 Å². The third-order valence-corrected chi connectivity index (χ3v) is 6.07. The summed E-state index contributed by atoms with van der Waals surface area (Å²) in [6, 6.07) is 14.7. The molecule has 3 rings (SSSR count). The van der Waals surface area contributed by atoms with Crippen LogP contribution in [-0.4, -0.2) is 24.3 Å². The number of aryl methyl sites for hydroxylation is 3.